The largest absolute Gasteiger partial charge is 0.316 e. The third-order valence-corrected chi connectivity index (χ3v) is 3.52. The molecule has 2 fully saturated rings. The second-order valence-electron chi connectivity index (χ2n) is 3.79. The minimum Gasteiger partial charge on any atom is -0.316 e. The number of piperidine rings is 1. The van der Waals surface area contributed by atoms with E-state index < -0.39 is 0 Å². The van der Waals surface area contributed by atoms with Gasteiger partial charge in [-0.2, -0.15) is 0 Å². The van der Waals surface area contributed by atoms with Crippen molar-refractivity contribution in [3.63, 3.8) is 0 Å². The summed E-state index contributed by atoms with van der Waals surface area (Å²) in [6.45, 7) is 2.52. The summed E-state index contributed by atoms with van der Waals surface area (Å²) in [5.41, 5.74) is 0.715. The van der Waals surface area contributed by atoms with E-state index in [0.717, 1.165) is 4.83 Å². The Labute approximate surface area is 70.7 Å². The van der Waals surface area contributed by atoms with Gasteiger partial charge in [0.2, 0.25) is 0 Å². The highest BCUT2D eigenvalue weighted by Gasteiger charge is 2.43. The maximum Gasteiger partial charge on any atom is 0.0157 e. The van der Waals surface area contributed by atoms with Gasteiger partial charge in [0, 0.05) is 11.4 Å². The maximum absolute atomic E-state index is 3.64. The van der Waals surface area contributed by atoms with Gasteiger partial charge in [-0.3, -0.25) is 0 Å². The molecule has 0 aromatic heterocycles. The highest BCUT2D eigenvalue weighted by atomic mass is 79.9. The minimum atomic E-state index is 0.715. The van der Waals surface area contributed by atoms with Crippen LogP contribution in [-0.2, 0) is 0 Å². The van der Waals surface area contributed by atoms with Crippen LogP contribution in [0.4, 0.5) is 0 Å². The van der Waals surface area contributed by atoms with Gasteiger partial charge in [-0.25, -0.2) is 0 Å². The molecule has 0 radical (unpaired) electrons. The molecule has 1 aliphatic heterocycles. The van der Waals surface area contributed by atoms with Crippen LogP contribution in [0.15, 0.2) is 0 Å². The summed E-state index contributed by atoms with van der Waals surface area (Å²) in [6, 6.07) is 0. The van der Waals surface area contributed by atoms with E-state index in [2.05, 4.69) is 21.2 Å². The molecule has 0 bridgehead atoms. The third-order valence-electron chi connectivity index (χ3n) is 2.87. The van der Waals surface area contributed by atoms with Crippen LogP contribution in [-0.4, -0.2) is 17.9 Å². The van der Waals surface area contributed by atoms with Gasteiger partial charge in [0.25, 0.3) is 0 Å². The zero-order valence-electron chi connectivity index (χ0n) is 6.20. The fourth-order valence-electron chi connectivity index (χ4n) is 2.26. The van der Waals surface area contributed by atoms with Crippen LogP contribution in [0.1, 0.15) is 25.7 Å². The van der Waals surface area contributed by atoms with Crippen molar-refractivity contribution in [1.82, 2.24) is 5.32 Å². The van der Waals surface area contributed by atoms with E-state index >= 15 is 0 Å². The first-order valence-corrected chi connectivity index (χ1v) is 5.07. The van der Waals surface area contributed by atoms with Crippen LogP contribution >= 0.6 is 15.9 Å². The lowest BCUT2D eigenvalue weighted by Gasteiger charge is -2.48. The predicted molar refractivity (Wildman–Crippen MR) is 46.5 cm³/mol. The van der Waals surface area contributed by atoms with E-state index in [1.54, 1.807) is 0 Å². The summed E-state index contributed by atoms with van der Waals surface area (Å²) in [5.74, 6) is 0. The number of rotatable bonds is 0. The number of alkyl halides is 1. The van der Waals surface area contributed by atoms with Crippen LogP contribution in [0.3, 0.4) is 0 Å². The summed E-state index contributed by atoms with van der Waals surface area (Å²) in [6.07, 6.45) is 5.65. The topological polar surface area (TPSA) is 12.0 Å². The van der Waals surface area contributed by atoms with Gasteiger partial charge in [-0.15, -0.1) is 0 Å². The van der Waals surface area contributed by atoms with Crippen molar-refractivity contribution in [2.45, 2.75) is 30.5 Å². The monoisotopic (exact) mass is 203 g/mol. The fourth-order valence-corrected chi connectivity index (χ4v) is 3.63. The Morgan fingerprint density at radius 2 is 2.20 bits per heavy atom. The number of hydrogen-bond donors (Lipinski definition) is 1. The molecule has 0 unspecified atom stereocenters. The summed E-state index contributed by atoms with van der Waals surface area (Å²) < 4.78 is 0. The molecule has 1 N–H and O–H groups in total. The van der Waals surface area contributed by atoms with Gasteiger partial charge >= 0.3 is 0 Å². The molecule has 0 atom stereocenters. The lowest BCUT2D eigenvalue weighted by Crippen LogP contribution is -2.48. The predicted octanol–water partition coefficient (Wildman–Crippen LogP) is 1.91. The summed E-state index contributed by atoms with van der Waals surface area (Å²) >= 11 is 3.64. The van der Waals surface area contributed by atoms with Crippen molar-refractivity contribution < 1.29 is 0 Å². The number of nitrogens with one attached hydrogen (secondary N) is 1. The van der Waals surface area contributed by atoms with E-state index in [1.165, 1.54) is 38.8 Å². The van der Waals surface area contributed by atoms with Crippen LogP contribution in [0, 0.1) is 5.41 Å². The molecule has 2 aliphatic rings. The molecule has 1 spiro atoms. The summed E-state index contributed by atoms with van der Waals surface area (Å²) in [5, 5.41) is 3.48. The van der Waals surface area contributed by atoms with E-state index in [4.69, 9.17) is 0 Å². The molecule has 0 amide bonds. The minimum absolute atomic E-state index is 0.715. The maximum atomic E-state index is 3.64. The Hall–Kier alpha value is 0.440. The average molecular weight is 204 g/mol. The molecule has 1 nitrogen and oxygen atoms in total. The summed E-state index contributed by atoms with van der Waals surface area (Å²) in [4.78, 5) is 0.826. The Morgan fingerprint density at radius 1 is 1.40 bits per heavy atom. The molecule has 10 heavy (non-hydrogen) atoms. The van der Waals surface area contributed by atoms with E-state index in [1.807, 2.05) is 0 Å². The van der Waals surface area contributed by atoms with Gasteiger partial charge in [-0.05, 0) is 37.6 Å². The van der Waals surface area contributed by atoms with Gasteiger partial charge in [0.15, 0.2) is 0 Å². The van der Waals surface area contributed by atoms with Crippen molar-refractivity contribution in [2.24, 2.45) is 5.41 Å². The molecule has 0 aromatic rings. The average Bonchev–Trinajstić information content (AvgIpc) is 1.87. The SMILES string of the molecule is BrC1CC2(CCCNC2)C1. The van der Waals surface area contributed by atoms with E-state index in [9.17, 15) is 0 Å². The second kappa shape index (κ2) is 2.49. The Kier molecular flexibility index (Phi) is 1.77. The van der Waals surface area contributed by atoms with Crippen LogP contribution < -0.4 is 5.32 Å². The molecule has 1 saturated heterocycles. The Morgan fingerprint density at radius 3 is 2.70 bits per heavy atom. The molecule has 1 aliphatic carbocycles. The van der Waals surface area contributed by atoms with Crippen LogP contribution in [0.5, 0.6) is 0 Å². The van der Waals surface area contributed by atoms with E-state index in [0.29, 0.717) is 5.41 Å². The van der Waals surface area contributed by atoms with Gasteiger partial charge in [-0.1, -0.05) is 15.9 Å². The zero-order valence-corrected chi connectivity index (χ0v) is 7.78. The first kappa shape index (κ1) is 7.11. The normalized spacial score (nSPS) is 47.1. The smallest absolute Gasteiger partial charge is 0.0157 e. The van der Waals surface area contributed by atoms with Crippen molar-refractivity contribution >= 4 is 15.9 Å². The quantitative estimate of drug-likeness (QED) is 0.594. The molecule has 2 heteroatoms. The van der Waals surface area contributed by atoms with Crippen molar-refractivity contribution in [3.8, 4) is 0 Å². The lowest BCUT2D eigenvalue weighted by atomic mass is 9.65. The second-order valence-corrected chi connectivity index (χ2v) is 5.08. The first-order chi connectivity index (χ1) is 4.81. The Balaban J connectivity index is 1.90. The summed E-state index contributed by atoms with van der Waals surface area (Å²) in [7, 11) is 0. The standard InChI is InChI=1S/C8H14BrN/c9-7-4-8(5-7)2-1-3-10-6-8/h7,10H,1-6H2. The molecule has 2 rings (SSSR count). The molecule has 1 heterocycles. The first-order valence-electron chi connectivity index (χ1n) is 4.16. The molecular formula is C8H14BrN. The van der Waals surface area contributed by atoms with Crippen LogP contribution in [0.2, 0.25) is 0 Å². The molecular weight excluding hydrogens is 190 g/mol. The van der Waals surface area contributed by atoms with Gasteiger partial charge in [0.1, 0.15) is 0 Å². The Bertz CT molecular complexity index is 114. The lowest BCUT2D eigenvalue weighted by molar-refractivity contribution is 0.104. The fraction of sp³-hybridized carbons (Fsp3) is 1.00. The third kappa shape index (κ3) is 1.12. The highest BCUT2D eigenvalue weighted by molar-refractivity contribution is 9.09. The molecule has 58 valence electrons. The molecule has 0 aromatic carbocycles. The zero-order chi connectivity index (χ0) is 7.03. The van der Waals surface area contributed by atoms with E-state index in [-0.39, 0.29) is 0 Å². The number of hydrogen-bond acceptors (Lipinski definition) is 1. The van der Waals surface area contributed by atoms with Crippen molar-refractivity contribution in [3.05, 3.63) is 0 Å². The molecule has 1 saturated carbocycles. The van der Waals surface area contributed by atoms with Gasteiger partial charge in [0.05, 0.1) is 0 Å². The van der Waals surface area contributed by atoms with Crippen molar-refractivity contribution in [1.29, 1.82) is 0 Å². The number of halogens is 1. The van der Waals surface area contributed by atoms with Crippen molar-refractivity contribution in [2.75, 3.05) is 13.1 Å². The van der Waals surface area contributed by atoms with Crippen LogP contribution in [0.25, 0.3) is 0 Å². The highest BCUT2D eigenvalue weighted by Crippen LogP contribution is 2.48. The van der Waals surface area contributed by atoms with Gasteiger partial charge < -0.3 is 5.32 Å².